The molecule has 1 aliphatic carbocycles. The van der Waals surface area contributed by atoms with Gasteiger partial charge in [-0.25, -0.2) is 9.78 Å². The quantitative estimate of drug-likeness (QED) is 0.269. The number of carboxylic acids is 1. The molecule has 0 amide bonds. The number of aromatic nitrogens is 1. The zero-order chi connectivity index (χ0) is 24.6. The molecule has 1 fully saturated rings. The molecule has 5 rings (SSSR count). The Balaban J connectivity index is 1.30. The van der Waals surface area contributed by atoms with Gasteiger partial charge < -0.3 is 20.5 Å². The summed E-state index contributed by atoms with van der Waals surface area (Å²) in [5.74, 6) is -0.996. The Hall–Kier alpha value is -3.53. The van der Waals surface area contributed by atoms with Crippen molar-refractivity contribution in [3.8, 4) is 10.4 Å². The number of ether oxygens (including phenoxy) is 1. The lowest BCUT2D eigenvalue weighted by Crippen LogP contribution is -2.38. The largest absolute Gasteiger partial charge is 0.480 e. The van der Waals surface area contributed by atoms with E-state index in [0.29, 0.717) is 16.4 Å². The standard InChI is InChI=1S/C25H20ClN3O5S/c26-15-4-8-17(9-5-15)29-21-20(22(32)23(21)33)28-16-6-2-14(3-7-16)18-12-27-24(35-18)25(10-1-11-25)34-13-19(30)31/h2-9,12,28-29H,1,10-11,13H2,(H,30,31). The van der Waals surface area contributed by atoms with Crippen molar-refractivity contribution in [2.24, 2.45) is 0 Å². The number of nitrogens with one attached hydrogen (secondary N) is 2. The van der Waals surface area contributed by atoms with Crippen LogP contribution in [0.2, 0.25) is 5.02 Å². The summed E-state index contributed by atoms with van der Waals surface area (Å²) in [5.41, 5.74) is 0.885. The monoisotopic (exact) mass is 509 g/mol. The van der Waals surface area contributed by atoms with E-state index in [-0.39, 0.29) is 18.0 Å². The Labute approximate surface area is 208 Å². The van der Waals surface area contributed by atoms with Crippen LogP contribution in [0.1, 0.15) is 24.3 Å². The fourth-order valence-electron chi connectivity index (χ4n) is 3.91. The summed E-state index contributed by atoms with van der Waals surface area (Å²) < 4.78 is 5.68. The first kappa shape index (κ1) is 23.2. The number of thiazole rings is 1. The molecule has 0 atom stereocenters. The molecular weight excluding hydrogens is 490 g/mol. The average Bonchev–Trinajstić information content (AvgIpc) is 3.32. The van der Waals surface area contributed by atoms with Crippen molar-refractivity contribution < 1.29 is 14.6 Å². The van der Waals surface area contributed by atoms with Crippen molar-refractivity contribution in [2.75, 3.05) is 17.2 Å². The molecule has 0 saturated heterocycles. The van der Waals surface area contributed by atoms with Gasteiger partial charge in [-0.15, -0.1) is 11.3 Å². The number of hydrogen-bond acceptors (Lipinski definition) is 8. The molecule has 0 unspecified atom stereocenters. The second-order valence-electron chi connectivity index (χ2n) is 8.30. The molecule has 35 heavy (non-hydrogen) atoms. The van der Waals surface area contributed by atoms with E-state index in [2.05, 4.69) is 15.6 Å². The summed E-state index contributed by atoms with van der Waals surface area (Å²) in [4.78, 5) is 40.6. The normalized spacial score (nSPS) is 14.4. The highest BCUT2D eigenvalue weighted by Gasteiger charge is 2.43. The van der Waals surface area contributed by atoms with Gasteiger partial charge in [0.15, 0.2) is 0 Å². The minimum atomic E-state index is -0.996. The van der Waals surface area contributed by atoms with Gasteiger partial charge in [0.25, 0.3) is 10.9 Å². The Bertz CT molecular complexity index is 1450. The molecule has 178 valence electrons. The maximum atomic E-state index is 12.1. The molecule has 3 aromatic carbocycles. The fourth-order valence-corrected chi connectivity index (χ4v) is 5.15. The smallest absolute Gasteiger partial charge is 0.329 e. The summed E-state index contributed by atoms with van der Waals surface area (Å²) >= 11 is 7.38. The SMILES string of the molecule is O=C(O)COC1(c2ncc(-c3ccc(Nc4c(Nc5ccc(Cl)cc5)c(=O)c4=O)cc3)s2)CCC1. The lowest BCUT2D eigenvalue weighted by Gasteiger charge is -2.39. The molecule has 0 spiro atoms. The van der Waals surface area contributed by atoms with Crippen LogP contribution in [0.5, 0.6) is 0 Å². The van der Waals surface area contributed by atoms with Crippen molar-refractivity contribution in [3.05, 3.63) is 85.2 Å². The van der Waals surface area contributed by atoms with E-state index in [1.807, 2.05) is 24.3 Å². The minimum Gasteiger partial charge on any atom is -0.480 e. The molecule has 1 aromatic heterocycles. The summed E-state index contributed by atoms with van der Waals surface area (Å²) in [6.45, 7) is -0.346. The lowest BCUT2D eigenvalue weighted by atomic mass is 9.80. The number of anilines is 4. The van der Waals surface area contributed by atoms with Crippen molar-refractivity contribution >= 4 is 51.7 Å². The van der Waals surface area contributed by atoms with Crippen LogP contribution in [0.15, 0.2) is 64.3 Å². The van der Waals surface area contributed by atoms with Gasteiger partial charge in [-0.3, -0.25) is 9.59 Å². The third kappa shape index (κ3) is 4.58. The number of nitrogens with zero attached hydrogens (tertiary/aromatic N) is 1. The highest BCUT2D eigenvalue weighted by molar-refractivity contribution is 7.15. The fraction of sp³-hybridized carbons (Fsp3) is 0.200. The van der Waals surface area contributed by atoms with E-state index in [0.717, 1.165) is 34.7 Å². The molecule has 0 aliphatic heterocycles. The van der Waals surface area contributed by atoms with Crippen LogP contribution in [0.25, 0.3) is 10.4 Å². The Kier molecular flexibility index (Phi) is 6.14. The van der Waals surface area contributed by atoms with Crippen molar-refractivity contribution in [2.45, 2.75) is 24.9 Å². The van der Waals surface area contributed by atoms with Crippen LogP contribution in [0.4, 0.5) is 22.7 Å². The molecular formula is C25H20ClN3O5S. The van der Waals surface area contributed by atoms with Crippen molar-refractivity contribution in [1.29, 1.82) is 0 Å². The summed E-state index contributed by atoms with van der Waals surface area (Å²) in [5, 5.41) is 16.3. The highest BCUT2D eigenvalue weighted by atomic mass is 35.5. The topological polar surface area (TPSA) is 118 Å². The Morgan fingerprint density at radius 2 is 1.57 bits per heavy atom. The zero-order valence-corrected chi connectivity index (χ0v) is 19.9. The Morgan fingerprint density at radius 3 is 2.09 bits per heavy atom. The van der Waals surface area contributed by atoms with Gasteiger partial charge >= 0.3 is 5.97 Å². The van der Waals surface area contributed by atoms with Gasteiger partial charge in [0.1, 0.15) is 28.6 Å². The first-order valence-corrected chi connectivity index (χ1v) is 12.1. The van der Waals surface area contributed by atoms with Crippen LogP contribution in [0.3, 0.4) is 0 Å². The third-order valence-corrected chi connectivity index (χ3v) is 7.48. The van der Waals surface area contributed by atoms with Gasteiger partial charge in [-0.2, -0.15) is 0 Å². The second-order valence-corrected chi connectivity index (χ2v) is 9.77. The van der Waals surface area contributed by atoms with Crippen LogP contribution in [-0.2, 0) is 15.1 Å². The number of aliphatic carboxylic acids is 1. The number of carbonyl (C=O) groups is 1. The first-order valence-electron chi connectivity index (χ1n) is 10.9. The molecule has 0 radical (unpaired) electrons. The molecule has 8 nitrogen and oxygen atoms in total. The predicted molar refractivity (Wildman–Crippen MR) is 136 cm³/mol. The van der Waals surface area contributed by atoms with Crippen LogP contribution in [0, 0.1) is 0 Å². The maximum absolute atomic E-state index is 12.1. The number of halogens is 1. The lowest BCUT2D eigenvalue weighted by molar-refractivity contribution is -0.159. The van der Waals surface area contributed by atoms with Crippen LogP contribution >= 0.6 is 22.9 Å². The second kappa shape index (κ2) is 9.26. The van der Waals surface area contributed by atoms with Gasteiger partial charge in [0, 0.05) is 22.6 Å². The molecule has 3 N–H and O–H groups in total. The van der Waals surface area contributed by atoms with E-state index in [4.69, 9.17) is 21.4 Å². The predicted octanol–water partition coefficient (Wildman–Crippen LogP) is 5.03. The number of benzene rings is 2. The highest BCUT2D eigenvalue weighted by Crippen LogP contribution is 2.47. The van der Waals surface area contributed by atoms with E-state index in [9.17, 15) is 14.4 Å². The minimum absolute atomic E-state index is 0.209. The molecule has 1 aliphatic rings. The molecule has 1 heterocycles. The van der Waals surface area contributed by atoms with Crippen molar-refractivity contribution in [3.63, 3.8) is 0 Å². The van der Waals surface area contributed by atoms with Gasteiger partial charge in [0.2, 0.25) is 0 Å². The van der Waals surface area contributed by atoms with E-state index in [1.54, 1.807) is 30.5 Å². The van der Waals surface area contributed by atoms with Gasteiger partial charge in [-0.05, 0) is 61.2 Å². The number of rotatable bonds is 9. The third-order valence-electron chi connectivity index (χ3n) is 5.99. The molecule has 1 saturated carbocycles. The number of hydrogen-bond donors (Lipinski definition) is 3. The zero-order valence-electron chi connectivity index (χ0n) is 18.3. The van der Waals surface area contributed by atoms with E-state index < -0.39 is 22.4 Å². The van der Waals surface area contributed by atoms with E-state index >= 15 is 0 Å². The average molecular weight is 510 g/mol. The van der Waals surface area contributed by atoms with Gasteiger partial charge in [0.05, 0.1) is 4.88 Å². The van der Waals surface area contributed by atoms with Gasteiger partial charge in [-0.1, -0.05) is 23.7 Å². The van der Waals surface area contributed by atoms with Crippen LogP contribution in [-0.4, -0.2) is 22.7 Å². The first-order chi connectivity index (χ1) is 16.8. The summed E-state index contributed by atoms with van der Waals surface area (Å²) in [6.07, 6.45) is 4.24. The maximum Gasteiger partial charge on any atom is 0.329 e. The van der Waals surface area contributed by atoms with E-state index in [1.165, 1.54) is 11.3 Å². The molecule has 4 aromatic rings. The summed E-state index contributed by atoms with van der Waals surface area (Å²) in [7, 11) is 0. The van der Waals surface area contributed by atoms with Crippen LogP contribution < -0.4 is 21.5 Å². The summed E-state index contributed by atoms with van der Waals surface area (Å²) in [6, 6.07) is 14.2. The molecule has 10 heteroatoms. The molecule has 0 bridgehead atoms. The Morgan fingerprint density at radius 1 is 1.00 bits per heavy atom. The van der Waals surface area contributed by atoms with Crippen molar-refractivity contribution in [1.82, 2.24) is 4.98 Å². The number of carboxylic acid groups (broad SMARTS) is 1.